The van der Waals surface area contributed by atoms with Crippen LogP contribution in [0.25, 0.3) is 21.6 Å². The molecule has 0 unspecified atom stereocenters. The smallest absolute Gasteiger partial charge is 0.417 e. The van der Waals surface area contributed by atoms with E-state index in [4.69, 9.17) is 10.6 Å². The Morgan fingerprint density at radius 1 is 1.14 bits per heavy atom. The second-order valence-electron chi connectivity index (χ2n) is 4.30. The zero-order chi connectivity index (χ0) is 16.3. The number of hydrogen-bond acceptors (Lipinski definition) is 2. The van der Waals surface area contributed by atoms with Gasteiger partial charge in [0.15, 0.2) is 0 Å². The summed E-state index contributed by atoms with van der Waals surface area (Å²) >= 11 is 0. The number of hydrogen-bond donors (Lipinski definition) is 1. The number of benzene rings is 2. The van der Waals surface area contributed by atoms with E-state index in [1.807, 2.05) is 0 Å². The lowest BCUT2D eigenvalue weighted by Crippen LogP contribution is -2.12. The molecule has 0 saturated carbocycles. The predicted octanol–water partition coefficient (Wildman–Crippen LogP) is 5.01. The van der Waals surface area contributed by atoms with E-state index in [2.05, 4.69) is 10.0 Å². The van der Waals surface area contributed by atoms with Gasteiger partial charge in [0.25, 0.3) is 0 Å². The average Bonchev–Trinajstić information content (AvgIpc) is 2.46. The minimum Gasteiger partial charge on any atom is -0.478 e. The lowest BCUT2D eigenvalue weighted by molar-refractivity contribution is -0.138. The van der Waals surface area contributed by atoms with E-state index < -0.39 is 23.3 Å². The van der Waals surface area contributed by atoms with Gasteiger partial charge in [0.05, 0.1) is 11.1 Å². The fourth-order valence-corrected chi connectivity index (χ4v) is 1.94. The van der Waals surface area contributed by atoms with Crippen molar-refractivity contribution in [1.29, 1.82) is 0 Å². The molecule has 2 rings (SSSR count). The first-order valence-corrected chi connectivity index (χ1v) is 5.93. The standard InChI is InChI=1S/C14H8F3N3O2/c15-14(16,17)12-7-9(4-5-11(12)13(21)22)8-2-1-3-10(6-8)19-20-18/h1-7H,(H,21,22). The third-order valence-electron chi connectivity index (χ3n) is 2.90. The number of halogens is 3. The van der Waals surface area contributed by atoms with Gasteiger partial charge in [-0.15, -0.1) is 0 Å². The third-order valence-corrected chi connectivity index (χ3v) is 2.90. The highest BCUT2D eigenvalue weighted by molar-refractivity contribution is 5.90. The van der Waals surface area contributed by atoms with E-state index >= 15 is 0 Å². The van der Waals surface area contributed by atoms with Crippen LogP contribution in [-0.4, -0.2) is 11.1 Å². The van der Waals surface area contributed by atoms with Crippen LogP contribution in [0, 0.1) is 0 Å². The molecule has 0 aliphatic heterocycles. The minimum atomic E-state index is -4.79. The molecule has 8 heteroatoms. The van der Waals surface area contributed by atoms with Gasteiger partial charge in [-0.1, -0.05) is 29.4 Å². The fraction of sp³-hybridized carbons (Fsp3) is 0.0714. The van der Waals surface area contributed by atoms with E-state index in [0.717, 1.165) is 12.1 Å². The summed E-state index contributed by atoms with van der Waals surface area (Å²) < 4.78 is 38.9. The normalized spacial score (nSPS) is 10.9. The van der Waals surface area contributed by atoms with Gasteiger partial charge in [-0.2, -0.15) is 13.2 Å². The van der Waals surface area contributed by atoms with Crippen LogP contribution < -0.4 is 0 Å². The van der Waals surface area contributed by atoms with Crippen molar-refractivity contribution in [2.45, 2.75) is 6.18 Å². The van der Waals surface area contributed by atoms with E-state index in [0.29, 0.717) is 5.56 Å². The van der Waals surface area contributed by atoms with Gasteiger partial charge in [0.2, 0.25) is 0 Å². The summed E-state index contributed by atoms with van der Waals surface area (Å²) in [5.74, 6) is -1.65. The average molecular weight is 307 g/mol. The number of carboxylic acids is 1. The first-order chi connectivity index (χ1) is 10.3. The van der Waals surface area contributed by atoms with Gasteiger partial charge in [-0.3, -0.25) is 0 Å². The lowest BCUT2D eigenvalue weighted by atomic mass is 9.98. The summed E-state index contributed by atoms with van der Waals surface area (Å²) in [5, 5.41) is 12.2. The van der Waals surface area contributed by atoms with Crippen LogP contribution in [0.4, 0.5) is 18.9 Å². The molecule has 0 atom stereocenters. The summed E-state index contributed by atoms with van der Waals surface area (Å²) in [6.45, 7) is 0. The van der Waals surface area contributed by atoms with Crippen LogP contribution in [0.15, 0.2) is 47.6 Å². The molecule has 22 heavy (non-hydrogen) atoms. The van der Waals surface area contributed by atoms with Crippen molar-refractivity contribution >= 4 is 11.7 Å². The molecule has 112 valence electrons. The molecule has 0 aliphatic carbocycles. The largest absolute Gasteiger partial charge is 0.478 e. The maximum Gasteiger partial charge on any atom is 0.417 e. The molecule has 0 saturated heterocycles. The van der Waals surface area contributed by atoms with Crippen LogP contribution >= 0.6 is 0 Å². The maximum absolute atomic E-state index is 13.0. The van der Waals surface area contributed by atoms with Gasteiger partial charge in [-0.25, -0.2) is 4.79 Å². The highest BCUT2D eigenvalue weighted by atomic mass is 19.4. The summed E-state index contributed by atoms with van der Waals surface area (Å²) in [6.07, 6.45) is -4.79. The summed E-state index contributed by atoms with van der Waals surface area (Å²) in [7, 11) is 0. The number of carboxylic acid groups (broad SMARTS) is 1. The molecule has 0 spiro atoms. The Kier molecular flexibility index (Phi) is 4.05. The monoisotopic (exact) mass is 307 g/mol. The quantitative estimate of drug-likeness (QED) is 0.490. The molecule has 1 N–H and O–H groups in total. The van der Waals surface area contributed by atoms with Crippen molar-refractivity contribution in [3.05, 3.63) is 64.0 Å². The van der Waals surface area contributed by atoms with Gasteiger partial charge in [0, 0.05) is 10.6 Å². The second-order valence-corrected chi connectivity index (χ2v) is 4.30. The molecule has 0 amide bonds. The number of rotatable bonds is 3. The third kappa shape index (κ3) is 3.18. The SMILES string of the molecule is [N-]=[N+]=Nc1cccc(-c2ccc(C(=O)O)c(C(F)(F)F)c2)c1. The summed E-state index contributed by atoms with van der Waals surface area (Å²) in [4.78, 5) is 13.5. The maximum atomic E-state index is 13.0. The van der Waals surface area contributed by atoms with Gasteiger partial charge in [0.1, 0.15) is 0 Å². The molecule has 0 fully saturated rings. The number of azide groups is 1. The van der Waals surface area contributed by atoms with Crippen molar-refractivity contribution in [3.8, 4) is 11.1 Å². The van der Waals surface area contributed by atoms with Crippen LogP contribution in [0.1, 0.15) is 15.9 Å². The molecule has 0 heterocycles. The van der Waals surface area contributed by atoms with Gasteiger partial charge in [-0.05, 0) is 34.9 Å². The first kappa shape index (κ1) is 15.4. The van der Waals surface area contributed by atoms with E-state index in [-0.39, 0.29) is 11.3 Å². The molecule has 0 aliphatic rings. The second kappa shape index (κ2) is 5.79. The molecule has 2 aromatic carbocycles. The van der Waals surface area contributed by atoms with Gasteiger partial charge >= 0.3 is 12.1 Å². The Morgan fingerprint density at radius 3 is 2.41 bits per heavy atom. The molecule has 0 radical (unpaired) electrons. The van der Waals surface area contributed by atoms with Crippen molar-refractivity contribution < 1.29 is 23.1 Å². The highest BCUT2D eigenvalue weighted by Gasteiger charge is 2.35. The fourth-order valence-electron chi connectivity index (χ4n) is 1.94. The zero-order valence-electron chi connectivity index (χ0n) is 10.9. The van der Waals surface area contributed by atoms with E-state index in [1.54, 1.807) is 0 Å². The summed E-state index contributed by atoms with van der Waals surface area (Å²) in [6, 6.07) is 8.91. The Bertz CT molecular complexity index is 781. The van der Waals surface area contributed by atoms with Crippen LogP contribution in [0.2, 0.25) is 0 Å². The molecular weight excluding hydrogens is 299 g/mol. The van der Waals surface area contributed by atoms with Crippen molar-refractivity contribution in [3.63, 3.8) is 0 Å². The Morgan fingerprint density at radius 2 is 1.82 bits per heavy atom. The minimum absolute atomic E-state index is 0.173. The molecule has 0 bridgehead atoms. The topological polar surface area (TPSA) is 86.1 Å². The van der Waals surface area contributed by atoms with Crippen molar-refractivity contribution in [2.24, 2.45) is 5.11 Å². The number of nitrogens with zero attached hydrogens (tertiary/aromatic N) is 3. The number of carbonyl (C=O) groups is 1. The molecular formula is C14H8F3N3O2. The van der Waals surface area contributed by atoms with Crippen LogP contribution in [0.3, 0.4) is 0 Å². The number of aromatic carboxylic acids is 1. The Balaban J connectivity index is 2.60. The molecule has 2 aromatic rings. The van der Waals surface area contributed by atoms with E-state index in [9.17, 15) is 18.0 Å². The number of alkyl halides is 3. The zero-order valence-corrected chi connectivity index (χ0v) is 10.9. The molecule has 0 aromatic heterocycles. The van der Waals surface area contributed by atoms with Crippen molar-refractivity contribution in [2.75, 3.05) is 0 Å². The van der Waals surface area contributed by atoms with E-state index in [1.165, 1.54) is 30.3 Å². The summed E-state index contributed by atoms with van der Waals surface area (Å²) in [5.41, 5.74) is 7.13. The Labute approximate surface area is 122 Å². The lowest BCUT2D eigenvalue weighted by Gasteiger charge is -2.12. The van der Waals surface area contributed by atoms with Crippen molar-refractivity contribution in [1.82, 2.24) is 0 Å². The highest BCUT2D eigenvalue weighted by Crippen LogP contribution is 2.35. The first-order valence-electron chi connectivity index (χ1n) is 5.93. The van der Waals surface area contributed by atoms with Crippen LogP contribution in [0.5, 0.6) is 0 Å². The van der Waals surface area contributed by atoms with Gasteiger partial charge < -0.3 is 5.11 Å². The predicted molar refractivity (Wildman–Crippen MR) is 72.6 cm³/mol. The Hall–Kier alpha value is -2.99. The van der Waals surface area contributed by atoms with Crippen LogP contribution in [-0.2, 0) is 6.18 Å². The molecule has 5 nitrogen and oxygen atoms in total.